The van der Waals surface area contributed by atoms with E-state index in [1.807, 2.05) is 0 Å². The number of benzene rings is 2. The topological polar surface area (TPSA) is 18.5 Å². The van der Waals surface area contributed by atoms with Crippen LogP contribution in [0.1, 0.15) is 91.4 Å². The Labute approximate surface area is 186 Å². The number of hydrogen-bond donors (Lipinski definition) is 0. The number of rotatable bonds is 17. The van der Waals surface area contributed by atoms with Crippen molar-refractivity contribution in [2.75, 3.05) is 6.61 Å². The summed E-state index contributed by atoms with van der Waals surface area (Å²) < 4.78 is 13.1. The fraction of sp³-hybridized carbons (Fsp3) is 0.630. The second kappa shape index (κ2) is 14.6. The molecule has 0 spiro atoms. The molecule has 30 heavy (non-hydrogen) atoms. The van der Waals surface area contributed by atoms with Crippen LogP contribution in [0.25, 0.3) is 10.8 Å². The molecule has 0 aromatic heterocycles. The molecule has 0 atom stereocenters. The Morgan fingerprint density at radius 2 is 1.20 bits per heavy atom. The van der Waals surface area contributed by atoms with Crippen molar-refractivity contribution in [1.82, 2.24) is 0 Å². The normalized spacial score (nSPS) is 11.8. The summed E-state index contributed by atoms with van der Waals surface area (Å²) in [6.45, 7) is 7.57. The van der Waals surface area contributed by atoms with E-state index in [9.17, 15) is 0 Å². The van der Waals surface area contributed by atoms with Gasteiger partial charge in [-0.1, -0.05) is 121 Å². The summed E-state index contributed by atoms with van der Waals surface area (Å²) in [5.74, 6) is 0.988. The third kappa shape index (κ3) is 8.43. The van der Waals surface area contributed by atoms with Gasteiger partial charge in [0.1, 0.15) is 5.75 Å². The fourth-order valence-electron chi connectivity index (χ4n) is 4.14. The number of fused-ring (bicyclic) bond motifs is 1. The molecule has 2 aromatic carbocycles. The van der Waals surface area contributed by atoms with E-state index in [2.05, 4.69) is 63.2 Å². The molecule has 2 rings (SSSR count). The zero-order chi connectivity index (χ0) is 21.5. The van der Waals surface area contributed by atoms with Crippen molar-refractivity contribution in [1.29, 1.82) is 0 Å². The molecule has 0 N–H and O–H groups in total. The minimum absolute atomic E-state index is 0.843. The highest BCUT2D eigenvalue weighted by molar-refractivity contribution is 6.68. The van der Waals surface area contributed by atoms with E-state index in [1.54, 1.807) is 0 Å². The lowest BCUT2D eigenvalue weighted by atomic mass is 10.1. The molecule has 0 aliphatic heterocycles. The summed E-state index contributed by atoms with van der Waals surface area (Å²) in [5, 5.41) is 2.42. The molecule has 0 aliphatic rings. The van der Waals surface area contributed by atoms with E-state index < -0.39 is 8.56 Å². The second-order valence-corrected chi connectivity index (χ2v) is 12.3. The fourth-order valence-corrected chi connectivity index (χ4v) is 6.49. The molecule has 0 amide bonds. The monoisotopic (exact) mass is 428 g/mol. The van der Waals surface area contributed by atoms with Crippen molar-refractivity contribution in [3.63, 3.8) is 0 Å². The molecule has 0 heterocycles. The first-order chi connectivity index (χ1) is 14.7. The van der Waals surface area contributed by atoms with Gasteiger partial charge in [-0.05, 0) is 30.0 Å². The standard InChI is InChI=1S/C27H44O2Si/c1-4-7-8-9-10-11-12-13-14-15-18-24-28-30(5-2,6-3)29-27-23-19-21-25-20-16-17-22-26(25)27/h16-17,19-23H,4-15,18,24H2,1-3H3. The third-order valence-corrected chi connectivity index (χ3v) is 9.71. The lowest BCUT2D eigenvalue weighted by molar-refractivity contribution is 0.231. The minimum Gasteiger partial charge on any atom is -0.520 e. The Bertz CT molecular complexity index is 691. The third-order valence-electron chi connectivity index (χ3n) is 6.24. The summed E-state index contributed by atoms with van der Waals surface area (Å²) >= 11 is 0. The van der Waals surface area contributed by atoms with Gasteiger partial charge in [0, 0.05) is 12.0 Å². The van der Waals surface area contributed by atoms with Gasteiger partial charge in [0.15, 0.2) is 0 Å². The van der Waals surface area contributed by atoms with Crippen LogP contribution in [0, 0.1) is 0 Å². The van der Waals surface area contributed by atoms with Gasteiger partial charge >= 0.3 is 8.56 Å². The number of unbranched alkanes of at least 4 members (excludes halogenated alkanes) is 10. The summed E-state index contributed by atoms with van der Waals surface area (Å²) in [5.41, 5.74) is 0. The first-order valence-electron chi connectivity index (χ1n) is 12.6. The van der Waals surface area contributed by atoms with E-state index in [0.717, 1.165) is 30.9 Å². The predicted molar refractivity (Wildman–Crippen MR) is 134 cm³/mol. The molecule has 0 aliphatic carbocycles. The molecule has 0 unspecified atom stereocenters. The first kappa shape index (κ1) is 24.9. The van der Waals surface area contributed by atoms with E-state index in [1.165, 1.54) is 75.0 Å². The smallest absolute Gasteiger partial charge is 0.398 e. The number of hydrogen-bond acceptors (Lipinski definition) is 2. The van der Waals surface area contributed by atoms with E-state index in [-0.39, 0.29) is 0 Å². The maximum absolute atomic E-state index is 6.63. The molecule has 2 nitrogen and oxygen atoms in total. The Hall–Kier alpha value is -1.32. The zero-order valence-corrected chi connectivity index (χ0v) is 20.8. The second-order valence-electron chi connectivity index (χ2n) is 8.58. The van der Waals surface area contributed by atoms with Crippen LogP contribution in [-0.2, 0) is 4.43 Å². The molecule has 0 fully saturated rings. The highest BCUT2D eigenvalue weighted by atomic mass is 28.4. The quantitative estimate of drug-likeness (QED) is 0.185. The van der Waals surface area contributed by atoms with Crippen LogP contribution in [0.4, 0.5) is 0 Å². The predicted octanol–water partition coefficient (Wildman–Crippen LogP) is 9.03. The van der Waals surface area contributed by atoms with Crippen LogP contribution >= 0.6 is 0 Å². The van der Waals surface area contributed by atoms with Gasteiger partial charge in [0.2, 0.25) is 0 Å². The Morgan fingerprint density at radius 3 is 1.83 bits per heavy atom. The first-order valence-corrected chi connectivity index (χ1v) is 14.8. The largest absolute Gasteiger partial charge is 0.520 e. The Morgan fingerprint density at radius 1 is 0.633 bits per heavy atom. The van der Waals surface area contributed by atoms with Gasteiger partial charge in [-0.15, -0.1) is 0 Å². The van der Waals surface area contributed by atoms with Gasteiger partial charge < -0.3 is 8.85 Å². The molecular formula is C27H44O2Si. The molecule has 3 heteroatoms. The lowest BCUT2D eigenvalue weighted by Crippen LogP contribution is -2.44. The molecule has 0 saturated carbocycles. The molecule has 0 bridgehead atoms. The summed E-state index contributed by atoms with van der Waals surface area (Å²) in [4.78, 5) is 0. The van der Waals surface area contributed by atoms with Crippen LogP contribution in [-0.4, -0.2) is 15.2 Å². The van der Waals surface area contributed by atoms with Gasteiger partial charge in [-0.3, -0.25) is 0 Å². The van der Waals surface area contributed by atoms with Crippen LogP contribution in [0.2, 0.25) is 12.1 Å². The van der Waals surface area contributed by atoms with Crippen molar-refractivity contribution in [3.05, 3.63) is 42.5 Å². The van der Waals surface area contributed by atoms with Crippen LogP contribution in [0.15, 0.2) is 42.5 Å². The Kier molecular flexibility index (Phi) is 12.2. The summed E-state index contributed by atoms with van der Waals surface area (Å²) in [7, 11) is -2.20. The van der Waals surface area contributed by atoms with E-state index >= 15 is 0 Å². The van der Waals surface area contributed by atoms with Crippen LogP contribution in [0.5, 0.6) is 5.75 Å². The lowest BCUT2D eigenvalue weighted by Gasteiger charge is -2.30. The molecule has 0 saturated heterocycles. The zero-order valence-electron chi connectivity index (χ0n) is 19.8. The van der Waals surface area contributed by atoms with Crippen LogP contribution < -0.4 is 4.43 Å². The average molecular weight is 429 g/mol. The van der Waals surface area contributed by atoms with Crippen molar-refractivity contribution < 1.29 is 8.85 Å². The highest BCUT2D eigenvalue weighted by Gasteiger charge is 2.36. The van der Waals surface area contributed by atoms with Crippen molar-refractivity contribution in [2.45, 2.75) is 103 Å². The minimum atomic E-state index is -2.20. The van der Waals surface area contributed by atoms with E-state index in [0.29, 0.717) is 0 Å². The maximum atomic E-state index is 6.63. The Balaban J connectivity index is 1.69. The van der Waals surface area contributed by atoms with Crippen molar-refractivity contribution >= 4 is 19.3 Å². The average Bonchev–Trinajstić information content (AvgIpc) is 2.79. The van der Waals surface area contributed by atoms with Crippen molar-refractivity contribution in [3.8, 4) is 5.75 Å². The van der Waals surface area contributed by atoms with Gasteiger partial charge in [-0.2, -0.15) is 0 Å². The SMILES string of the molecule is CCCCCCCCCCCCCO[Si](CC)(CC)Oc1cccc2ccccc12. The van der Waals surface area contributed by atoms with Crippen molar-refractivity contribution in [2.24, 2.45) is 0 Å². The van der Waals surface area contributed by atoms with Gasteiger partial charge in [0.25, 0.3) is 0 Å². The van der Waals surface area contributed by atoms with Gasteiger partial charge in [-0.25, -0.2) is 0 Å². The highest BCUT2D eigenvalue weighted by Crippen LogP contribution is 2.30. The molecule has 2 aromatic rings. The summed E-state index contributed by atoms with van der Waals surface area (Å²) in [6, 6.07) is 16.8. The molecular weight excluding hydrogens is 384 g/mol. The van der Waals surface area contributed by atoms with Gasteiger partial charge in [0.05, 0.1) is 0 Å². The van der Waals surface area contributed by atoms with Crippen LogP contribution in [0.3, 0.4) is 0 Å². The van der Waals surface area contributed by atoms with E-state index in [4.69, 9.17) is 8.85 Å². The molecule has 168 valence electrons. The molecule has 0 radical (unpaired) electrons. The summed E-state index contributed by atoms with van der Waals surface area (Å²) in [6.07, 6.45) is 15.0. The maximum Gasteiger partial charge on any atom is 0.398 e.